The predicted molar refractivity (Wildman–Crippen MR) is 79.8 cm³/mol. The Balaban J connectivity index is 2.09. The molecule has 0 atom stereocenters. The monoisotopic (exact) mass is 291 g/mol. The summed E-state index contributed by atoms with van der Waals surface area (Å²) in [4.78, 5) is 18.9. The fourth-order valence-corrected chi connectivity index (χ4v) is 2.94. The molecule has 0 aliphatic heterocycles. The fraction of sp³-hybridized carbons (Fsp3) is 0.231. The highest BCUT2D eigenvalue weighted by molar-refractivity contribution is 7.16. The summed E-state index contributed by atoms with van der Waals surface area (Å²) in [6.45, 7) is 4.22. The lowest BCUT2D eigenvalue weighted by Gasteiger charge is -1.97. The van der Waals surface area contributed by atoms with Gasteiger partial charge < -0.3 is 5.73 Å². The van der Waals surface area contributed by atoms with Crippen molar-refractivity contribution in [3.8, 4) is 11.8 Å². The second-order valence-electron chi connectivity index (χ2n) is 3.78. The molecule has 0 unspecified atom stereocenters. The molecule has 4 nitrogen and oxygen atoms in total. The van der Waals surface area contributed by atoms with Crippen molar-refractivity contribution >= 4 is 33.7 Å². The first-order valence-electron chi connectivity index (χ1n) is 5.64. The number of anilines is 1. The molecule has 2 aromatic rings. The van der Waals surface area contributed by atoms with E-state index in [1.807, 2.05) is 19.9 Å². The number of nitrogens with one attached hydrogen (secondary N) is 1. The maximum Gasteiger partial charge on any atom is 0.267 e. The van der Waals surface area contributed by atoms with Gasteiger partial charge in [0, 0.05) is 4.88 Å². The largest absolute Gasteiger partial charge is 0.320 e. The third-order valence-corrected chi connectivity index (χ3v) is 4.38. The normalized spacial score (nSPS) is 9.84. The lowest BCUT2D eigenvalue weighted by Crippen LogP contribution is -2.09. The Morgan fingerprint density at radius 1 is 1.42 bits per heavy atom. The number of aryl methyl sites for hydroxylation is 2. The van der Waals surface area contributed by atoms with Crippen LogP contribution >= 0.6 is 22.7 Å². The predicted octanol–water partition coefficient (Wildman–Crippen LogP) is 2.38. The molecule has 3 N–H and O–H groups in total. The van der Waals surface area contributed by atoms with Gasteiger partial charge >= 0.3 is 0 Å². The summed E-state index contributed by atoms with van der Waals surface area (Å²) in [6, 6.07) is 3.58. The van der Waals surface area contributed by atoms with Crippen LogP contribution < -0.4 is 11.1 Å². The molecular weight excluding hydrogens is 278 g/mol. The van der Waals surface area contributed by atoms with Gasteiger partial charge in [-0.3, -0.25) is 10.1 Å². The van der Waals surface area contributed by atoms with E-state index in [4.69, 9.17) is 5.73 Å². The number of hydrogen-bond donors (Lipinski definition) is 2. The molecule has 2 heterocycles. The van der Waals surface area contributed by atoms with Crippen LogP contribution in [0.15, 0.2) is 12.1 Å². The van der Waals surface area contributed by atoms with E-state index in [1.165, 1.54) is 22.7 Å². The Kier molecular flexibility index (Phi) is 4.32. The zero-order valence-electron chi connectivity index (χ0n) is 10.6. The van der Waals surface area contributed by atoms with E-state index in [9.17, 15) is 4.79 Å². The zero-order valence-corrected chi connectivity index (χ0v) is 12.2. The number of thiazole rings is 1. The summed E-state index contributed by atoms with van der Waals surface area (Å²) in [5.41, 5.74) is 6.25. The quantitative estimate of drug-likeness (QED) is 0.835. The van der Waals surface area contributed by atoms with Crippen molar-refractivity contribution in [1.82, 2.24) is 4.98 Å². The number of hydrogen-bond acceptors (Lipinski definition) is 5. The fourth-order valence-electron chi connectivity index (χ4n) is 1.35. The summed E-state index contributed by atoms with van der Waals surface area (Å²) in [5, 5.41) is 3.42. The number of rotatable bonds is 2. The topological polar surface area (TPSA) is 68.0 Å². The molecule has 98 valence electrons. The highest BCUT2D eigenvalue weighted by Crippen LogP contribution is 2.23. The molecule has 0 saturated carbocycles. The molecule has 0 radical (unpaired) electrons. The first-order valence-corrected chi connectivity index (χ1v) is 7.27. The number of amides is 1. The number of aromatic nitrogens is 1. The minimum absolute atomic E-state index is 0.153. The molecule has 0 aromatic carbocycles. The molecule has 0 fully saturated rings. The number of nitrogens with zero attached hydrogens (tertiary/aromatic N) is 1. The van der Waals surface area contributed by atoms with Gasteiger partial charge in [0.25, 0.3) is 5.91 Å². The number of carbonyl (C=O) groups is 1. The molecule has 6 heteroatoms. The van der Waals surface area contributed by atoms with E-state index in [-0.39, 0.29) is 5.91 Å². The minimum atomic E-state index is -0.153. The van der Waals surface area contributed by atoms with Crippen molar-refractivity contribution in [3.05, 3.63) is 32.5 Å². The van der Waals surface area contributed by atoms with Crippen LogP contribution in [0.1, 0.15) is 25.1 Å². The Bertz CT molecular complexity index is 641. The van der Waals surface area contributed by atoms with Crippen LogP contribution in [-0.4, -0.2) is 17.4 Å². The average Bonchev–Trinajstić information content (AvgIpc) is 2.95. The van der Waals surface area contributed by atoms with Crippen molar-refractivity contribution in [3.63, 3.8) is 0 Å². The minimum Gasteiger partial charge on any atom is -0.320 e. The number of thiophene rings is 1. The van der Waals surface area contributed by atoms with Crippen LogP contribution in [0.2, 0.25) is 0 Å². The maximum atomic E-state index is 12.0. The lowest BCUT2D eigenvalue weighted by atomic mass is 10.4. The third-order valence-electron chi connectivity index (χ3n) is 2.39. The van der Waals surface area contributed by atoms with Crippen molar-refractivity contribution in [2.75, 3.05) is 11.9 Å². The van der Waals surface area contributed by atoms with Gasteiger partial charge in [0.05, 0.1) is 22.0 Å². The van der Waals surface area contributed by atoms with Crippen molar-refractivity contribution in [2.24, 2.45) is 5.73 Å². The first-order chi connectivity index (χ1) is 9.10. The van der Waals surface area contributed by atoms with Gasteiger partial charge in [0.1, 0.15) is 0 Å². The van der Waals surface area contributed by atoms with Crippen molar-refractivity contribution in [1.29, 1.82) is 0 Å². The molecule has 0 aliphatic rings. The van der Waals surface area contributed by atoms with E-state index in [2.05, 4.69) is 22.1 Å². The van der Waals surface area contributed by atoms with Crippen LogP contribution in [0.25, 0.3) is 0 Å². The summed E-state index contributed by atoms with van der Waals surface area (Å²) in [7, 11) is 0. The van der Waals surface area contributed by atoms with Crippen molar-refractivity contribution < 1.29 is 4.79 Å². The molecular formula is C13H13N3OS2. The number of carbonyl (C=O) groups excluding carboxylic acids is 1. The van der Waals surface area contributed by atoms with Crippen LogP contribution in [0.4, 0.5) is 5.13 Å². The maximum absolute atomic E-state index is 12.0. The molecule has 2 rings (SSSR count). The van der Waals surface area contributed by atoms with Crippen LogP contribution in [0.5, 0.6) is 0 Å². The Morgan fingerprint density at radius 2 is 2.21 bits per heavy atom. The number of nitrogens with two attached hydrogens (primary N) is 1. The first kappa shape index (κ1) is 13.7. The Labute approximate surface area is 119 Å². The van der Waals surface area contributed by atoms with Gasteiger partial charge in [-0.15, -0.1) is 22.7 Å². The van der Waals surface area contributed by atoms with Gasteiger partial charge in [-0.1, -0.05) is 11.8 Å². The lowest BCUT2D eigenvalue weighted by molar-refractivity contribution is 0.103. The smallest absolute Gasteiger partial charge is 0.267 e. The van der Waals surface area contributed by atoms with Crippen molar-refractivity contribution in [2.45, 2.75) is 13.8 Å². The van der Waals surface area contributed by atoms with E-state index >= 15 is 0 Å². The van der Waals surface area contributed by atoms with E-state index in [1.54, 1.807) is 6.07 Å². The van der Waals surface area contributed by atoms with E-state index in [0.717, 1.165) is 15.4 Å². The third kappa shape index (κ3) is 3.41. The highest BCUT2D eigenvalue weighted by atomic mass is 32.1. The Morgan fingerprint density at radius 3 is 2.84 bits per heavy atom. The molecule has 0 saturated heterocycles. The second kappa shape index (κ2) is 5.97. The van der Waals surface area contributed by atoms with Crippen LogP contribution in [0, 0.1) is 25.7 Å². The summed E-state index contributed by atoms with van der Waals surface area (Å²) in [6.07, 6.45) is 0. The highest BCUT2D eigenvalue weighted by Gasteiger charge is 2.11. The van der Waals surface area contributed by atoms with Gasteiger partial charge in [-0.2, -0.15) is 0 Å². The average molecular weight is 291 g/mol. The SMILES string of the molecule is Cc1nc(NC(=O)c2ccc(C#CCN)s2)sc1C. The van der Waals surface area contributed by atoms with Crippen LogP contribution in [0.3, 0.4) is 0 Å². The van der Waals surface area contributed by atoms with Gasteiger partial charge in [0.2, 0.25) is 0 Å². The molecule has 0 spiro atoms. The van der Waals surface area contributed by atoms with Gasteiger partial charge in [0.15, 0.2) is 5.13 Å². The molecule has 1 amide bonds. The Hall–Kier alpha value is -1.68. The second-order valence-corrected chi connectivity index (χ2v) is 6.07. The summed E-state index contributed by atoms with van der Waals surface area (Å²) >= 11 is 2.82. The molecule has 19 heavy (non-hydrogen) atoms. The molecule has 2 aromatic heterocycles. The summed E-state index contributed by atoms with van der Waals surface area (Å²) in [5.74, 6) is 5.52. The molecule has 0 aliphatic carbocycles. The molecule has 0 bridgehead atoms. The van der Waals surface area contributed by atoms with Gasteiger partial charge in [-0.25, -0.2) is 4.98 Å². The zero-order chi connectivity index (χ0) is 13.8. The van der Waals surface area contributed by atoms with Gasteiger partial charge in [-0.05, 0) is 26.0 Å². The standard InChI is InChI=1S/C13H13N3OS2/c1-8-9(2)18-13(15-8)16-12(17)11-6-5-10(19-11)4-3-7-14/h5-6H,7,14H2,1-2H3,(H,15,16,17). The summed E-state index contributed by atoms with van der Waals surface area (Å²) < 4.78 is 0. The van der Waals surface area contributed by atoms with E-state index < -0.39 is 0 Å². The van der Waals surface area contributed by atoms with E-state index in [0.29, 0.717) is 16.6 Å². The van der Waals surface area contributed by atoms with Crippen LogP contribution in [-0.2, 0) is 0 Å².